The molecule has 2 amide bonds. The summed E-state index contributed by atoms with van der Waals surface area (Å²) in [5.74, 6) is 0.178. The van der Waals surface area contributed by atoms with Gasteiger partial charge in [0.25, 0.3) is 0 Å². The number of carboxylic acids is 1. The van der Waals surface area contributed by atoms with Crippen LogP contribution in [0.2, 0.25) is 0 Å². The van der Waals surface area contributed by atoms with Crippen LogP contribution < -0.4 is 5.32 Å². The lowest BCUT2D eigenvalue weighted by Crippen LogP contribution is -2.40. The number of aromatic nitrogens is 1. The molecule has 0 spiro atoms. The van der Waals surface area contributed by atoms with Crippen molar-refractivity contribution in [2.24, 2.45) is 0 Å². The second kappa shape index (κ2) is 6.63. The minimum atomic E-state index is -0.926. The van der Waals surface area contributed by atoms with Crippen LogP contribution in [0.25, 0.3) is 0 Å². The molecule has 0 aliphatic heterocycles. The molecule has 0 radical (unpaired) electrons. The third-order valence-corrected chi connectivity index (χ3v) is 2.32. The zero-order valence-electron chi connectivity index (χ0n) is 10.5. The fourth-order valence-electron chi connectivity index (χ4n) is 1.38. The standard InChI is InChI=1S/C11H17N3O4/c1-3-14(5-4-10(15)16)11(17)13-7-9-12-6-8(2)18-9/h6H,3-5,7H2,1-2H3,(H,13,17)(H,15,16). The first-order chi connectivity index (χ1) is 8.52. The molecule has 0 aliphatic rings. The van der Waals surface area contributed by atoms with Gasteiger partial charge in [-0.25, -0.2) is 9.78 Å². The average Bonchev–Trinajstić information content (AvgIpc) is 2.73. The Morgan fingerprint density at radius 1 is 1.56 bits per heavy atom. The van der Waals surface area contributed by atoms with Gasteiger partial charge >= 0.3 is 12.0 Å². The second-order valence-corrected chi connectivity index (χ2v) is 3.75. The van der Waals surface area contributed by atoms with Crippen LogP contribution in [-0.4, -0.2) is 40.1 Å². The molecule has 0 atom stereocenters. The molecule has 0 saturated heterocycles. The van der Waals surface area contributed by atoms with E-state index in [1.807, 2.05) is 0 Å². The van der Waals surface area contributed by atoms with Crippen molar-refractivity contribution in [1.82, 2.24) is 15.2 Å². The first-order valence-electron chi connectivity index (χ1n) is 5.68. The summed E-state index contributed by atoms with van der Waals surface area (Å²) in [6, 6.07) is -0.324. The van der Waals surface area contributed by atoms with Crippen molar-refractivity contribution in [3.05, 3.63) is 17.8 Å². The first-order valence-corrected chi connectivity index (χ1v) is 5.68. The van der Waals surface area contributed by atoms with Crippen LogP contribution in [0.15, 0.2) is 10.6 Å². The highest BCUT2D eigenvalue weighted by Crippen LogP contribution is 2.01. The predicted octanol–water partition coefficient (Wildman–Crippen LogP) is 0.989. The second-order valence-electron chi connectivity index (χ2n) is 3.75. The summed E-state index contributed by atoms with van der Waals surface area (Å²) in [4.78, 5) is 27.5. The smallest absolute Gasteiger partial charge is 0.317 e. The van der Waals surface area contributed by atoms with E-state index in [1.54, 1.807) is 20.0 Å². The molecule has 2 N–H and O–H groups in total. The number of amides is 2. The van der Waals surface area contributed by atoms with Crippen LogP contribution in [-0.2, 0) is 11.3 Å². The van der Waals surface area contributed by atoms with Gasteiger partial charge in [0.15, 0.2) is 0 Å². The van der Waals surface area contributed by atoms with Crippen molar-refractivity contribution in [1.29, 1.82) is 0 Å². The Morgan fingerprint density at radius 3 is 2.78 bits per heavy atom. The molecule has 0 saturated carbocycles. The molecular weight excluding hydrogens is 238 g/mol. The number of carboxylic acid groups (broad SMARTS) is 1. The Kier molecular flexibility index (Phi) is 5.16. The monoisotopic (exact) mass is 255 g/mol. The molecule has 0 bridgehead atoms. The van der Waals surface area contributed by atoms with Crippen LogP contribution in [0.4, 0.5) is 4.79 Å². The van der Waals surface area contributed by atoms with E-state index in [0.29, 0.717) is 18.2 Å². The van der Waals surface area contributed by atoms with E-state index >= 15 is 0 Å². The van der Waals surface area contributed by atoms with Gasteiger partial charge in [0, 0.05) is 13.1 Å². The summed E-state index contributed by atoms with van der Waals surface area (Å²) >= 11 is 0. The van der Waals surface area contributed by atoms with Gasteiger partial charge in [-0.05, 0) is 13.8 Å². The van der Waals surface area contributed by atoms with Gasteiger partial charge in [-0.3, -0.25) is 4.79 Å². The predicted molar refractivity (Wildman–Crippen MR) is 63.0 cm³/mol. The van der Waals surface area contributed by atoms with E-state index in [1.165, 1.54) is 4.90 Å². The SMILES string of the molecule is CCN(CCC(=O)O)C(=O)NCc1ncc(C)o1. The lowest BCUT2D eigenvalue weighted by atomic mass is 10.4. The number of aryl methyl sites for hydroxylation is 1. The van der Waals surface area contributed by atoms with Crippen LogP contribution >= 0.6 is 0 Å². The Bertz CT molecular complexity index is 416. The summed E-state index contributed by atoms with van der Waals surface area (Å²) in [6.07, 6.45) is 1.50. The molecule has 18 heavy (non-hydrogen) atoms. The summed E-state index contributed by atoms with van der Waals surface area (Å²) in [7, 11) is 0. The van der Waals surface area contributed by atoms with Gasteiger partial charge in [0.1, 0.15) is 5.76 Å². The minimum absolute atomic E-state index is 0.0701. The number of oxazole rings is 1. The third-order valence-electron chi connectivity index (χ3n) is 2.32. The van der Waals surface area contributed by atoms with E-state index in [4.69, 9.17) is 9.52 Å². The molecular formula is C11H17N3O4. The highest BCUT2D eigenvalue weighted by molar-refractivity contribution is 5.75. The van der Waals surface area contributed by atoms with Crippen molar-refractivity contribution in [3.8, 4) is 0 Å². The minimum Gasteiger partial charge on any atom is -0.481 e. The van der Waals surface area contributed by atoms with Crippen LogP contribution in [0, 0.1) is 6.92 Å². The topological polar surface area (TPSA) is 95.7 Å². The molecule has 1 aromatic heterocycles. The number of nitrogens with one attached hydrogen (secondary N) is 1. The number of nitrogens with zero attached hydrogens (tertiary/aromatic N) is 2. The number of carbonyl (C=O) groups is 2. The molecule has 7 heteroatoms. The van der Waals surface area contributed by atoms with Crippen molar-refractivity contribution in [2.75, 3.05) is 13.1 Å². The Morgan fingerprint density at radius 2 is 2.28 bits per heavy atom. The van der Waals surface area contributed by atoms with E-state index < -0.39 is 5.97 Å². The number of hydrogen-bond donors (Lipinski definition) is 2. The molecule has 100 valence electrons. The number of rotatable bonds is 6. The number of hydrogen-bond acceptors (Lipinski definition) is 4. The number of carbonyl (C=O) groups excluding carboxylic acids is 1. The van der Waals surface area contributed by atoms with E-state index in [2.05, 4.69) is 10.3 Å². The fourth-order valence-corrected chi connectivity index (χ4v) is 1.38. The fraction of sp³-hybridized carbons (Fsp3) is 0.545. The number of urea groups is 1. The Balaban J connectivity index is 2.39. The maximum atomic E-state index is 11.7. The van der Waals surface area contributed by atoms with E-state index in [0.717, 1.165) is 0 Å². The molecule has 1 heterocycles. The molecule has 0 aliphatic carbocycles. The lowest BCUT2D eigenvalue weighted by molar-refractivity contribution is -0.137. The van der Waals surface area contributed by atoms with Crippen LogP contribution in [0.5, 0.6) is 0 Å². The summed E-state index contributed by atoms with van der Waals surface area (Å²) in [6.45, 7) is 4.38. The zero-order chi connectivity index (χ0) is 13.5. The van der Waals surface area contributed by atoms with Gasteiger partial charge in [-0.1, -0.05) is 0 Å². The zero-order valence-corrected chi connectivity index (χ0v) is 10.5. The largest absolute Gasteiger partial charge is 0.481 e. The summed E-state index contributed by atoms with van der Waals surface area (Å²) < 4.78 is 5.21. The highest BCUT2D eigenvalue weighted by Gasteiger charge is 2.13. The molecule has 7 nitrogen and oxygen atoms in total. The highest BCUT2D eigenvalue weighted by atomic mass is 16.4. The molecule has 0 aromatic carbocycles. The normalized spacial score (nSPS) is 10.1. The van der Waals surface area contributed by atoms with E-state index in [-0.39, 0.29) is 25.5 Å². The molecule has 1 aromatic rings. The van der Waals surface area contributed by atoms with Crippen LogP contribution in [0.1, 0.15) is 25.0 Å². The van der Waals surface area contributed by atoms with Crippen molar-refractivity contribution in [2.45, 2.75) is 26.8 Å². The van der Waals surface area contributed by atoms with Gasteiger partial charge < -0.3 is 19.7 Å². The molecule has 0 fully saturated rings. The van der Waals surface area contributed by atoms with Crippen molar-refractivity contribution >= 4 is 12.0 Å². The summed E-state index contributed by atoms with van der Waals surface area (Å²) in [5.41, 5.74) is 0. The maximum Gasteiger partial charge on any atom is 0.317 e. The van der Waals surface area contributed by atoms with E-state index in [9.17, 15) is 9.59 Å². The average molecular weight is 255 g/mol. The number of aliphatic carboxylic acids is 1. The molecule has 0 unspecified atom stereocenters. The maximum absolute atomic E-state index is 11.7. The van der Waals surface area contributed by atoms with Gasteiger partial charge in [0.2, 0.25) is 5.89 Å². The third kappa shape index (κ3) is 4.44. The van der Waals surface area contributed by atoms with Crippen molar-refractivity contribution < 1.29 is 19.1 Å². The van der Waals surface area contributed by atoms with Gasteiger partial charge in [-0.2, -0.15) is 0 Å². The first kappa shape index (κ1) is 14.0. The Labute approximate surface area is 105 Å². The quantitative estimate of drug-likeness (QED) is 0.790. The molecule has 1 rings (SSSR count). The van der Waals surface area contributed by atoms with Crippen LogP contribution in [0.3, 0.4) is 0 Å². The van der Waals surface area contributed by atoms with Crippen molar-refractivity contribution in [3.63, 3.8) is 0 Å². The van der Waals surface area contributed by atoms with Gasteiger partial charge in [0.05, 0.1) is 19.2 Å². The Hall–Kier alpha value is -2.05. The lowest BCUT2D eigenvalue weighted by Gasteiger charge is -2.19. The summed E-state index contributed by atoms with van der Waals surface area (Å²) in [5, 5.41) is 11.2. The van der Waals surface area contributed by atoms with Gasteiger partial charge in [-0.15, -0.1) is 0 Å².